The third kappa shape index (κ3) is 2.39. The lowest BCUT2D eigenvalue weighted by atomic mass is 10.1. The second-order valence-corrected chi connectivity index (χ2v) is 6.13. The van der Waals surface area contributed by atoms with Crippen molar-refractivity contribution in [2.24, 2.45) is 5.92 Å². The fourth-order valence-electron chi connectivity index (χ4n) is 2.71. The molecule has 1 aliphatic heterocycles. The van der Waals surface area contributed by atoms with E-state index < -0.39 is 0 Å². The minimum Gasteiger partial charge on any atom is -0.494 e. The predicted molar refractivity (Wildman–Crippen MR) is 79.2 cm³/mol. The van der Waals surface area contributed by atoms with Crippen molar-refractivity contribution in [3.05, 3.63) is 28.7 Å². The van der Waals surface area contributed by atoms with Gasteiger partial charge in [0.1, 0.15) is 11.3 Å². The summed E-state index contributed by atoms with van der Waals surface area (Å²) in [7, 11) is 1.63. The Kier molecular flexibility index (Phi) is 3.55. The number of benzene rings is 1. The van der Waals surface area contributed by atoms with Gasteiger partial charge in [-0.2, -0.15) is 11.8 Å². The topological polar surface area (TPSA) is 47.0 Å². The molecule has 0 saturated carbocycles. The maximum absolute atomic E-state index is 12.1. The molecule has 0 spiro atoms. The zero-order chi connectivity index (χ0) is 13.2. The molecule has 4 nitrogen and oxygen atoms in total. The number of methoxy groups -OCH3 is 1. The van der Waals surface area contributed by atoms with Crippen LogP contribution in [0.4, 0.5) is 0 Å². The molecule has 1 aromatic carbocycles. The molecular formula is C14H18N2O2S. The number of fused-ring (bicyclic) bond motifs is 1. The molecule has 2 heterocycles. The summed E-state index contributed by atoms with van der Waals surface area (Å²) in [6.45, 7) is 0.805. The fourth-order valence-corrected chi connectivity index (χ4v) is 3.86. The van der Waals surface area contributed by atoms with Gasteiger partial charge in [-0.15, -0.1) is 0 Å². The van der Waals surface area contributed by atoms with Gasteiger partial charge in [0, 0.05) is 6.54 Å². The minimum atomic E-state index is -0.0323. The SMILES string of the molecule is COc1cccc2c1[nH]c(=O)n2CC1CCCSC1. The summed E-state index contributed by atoms with van der Waals surface area (Å²) in [4.78, 5) is 15.0. The molecule has 0 amide bonds. The highest BCUT2D eigenvalue weighted by Gasteiger charge is 2.18. The van der Waals surface area contributed by atoms with E-state index in [0.717, 1.165) is 29.1 Å². The Labute approximate surface area is 116 Å². The number of nitrogens with zero attached hydrogens (tertiary/aromatic N) is 1. The third-order valence-corrected chi connectivity index (χ3v) is 4.97. The number of imidazole rings is 1. The van der Waals surface area contributed by atoms with Crippen LogP contribution in [0.2, 0.25) is 0 Å². The van der Waals surface area contributed by atoms with Gasteiger partial charge in [-0.3, -0.25) is 4.57 Å². The molecule has 1 aliphatic rings. The number of aromatic nitrogens is 2. The zero-order valence-corrected chi connectivity index (χ0v) is 11.8. The Balaban J connectivity index is 1.98. The molecule has 2 aromatic rings. The quantitative estimate of drug-likeness (QED) is 0.938. The largest absolute Gasteiger partial charge is 0.494 e. The number of H-pyrrole nitrogens is 1. The Hall–Kier alpha value is -1.36. The van der Waals surface area contributed by atoms with Crippen molar-refractivity contribution in [2.45, 2.75) is 19.4 Å². The highest BCUT2D eigenvalue weighted by atomic mass is 32.2. The highest BCUT2D eigenvalue weighted by molar-refractivity contribution is 7.99. The smallest absolute Gasteiger partial charge is 0.326 e. The number of hydrogen-bond donors (Lipinski definition) is 1. The summed E-state index contributed by atoms with van der Waals surface area (Å²) < 4.78 is 7.15. The average molecular weight is 278 g/mol. The molecule has 0 bridgehead atoms. The Bertz CT molecular complexity index is 626. The van der Waals surface area contributed by atoms with E-state index in [1.807, 2.05) is 34.5 Å². The second-order valence-electron chi connectivity index (χ2n) is 4.98. The molecule has 19 heavy (non-hydrogen) atoms. The molecule has 1 saturated heterocycles. The van der Waals surface area contributed by atoms with Crippen LogP contribution in [-0.2, 0) is 6.54 Å². The number of para-hydroxylation sites is 1. The molecule has 0 radical (unpaired) electrons. The molecule has 1 aromatic heterocycles. The minimum absolute atomic E-state index is 0.0323. The monoisotopic (exact) mass is 278 g/mol. The van der Waals surface area contributed by atoms with Crippen molar-refractivity contribution in [1.82, 2.24) is 9.55 Å². The molecule has 1 atom stereocenters. The first-order chi connectivity index (χ1) is 9.29. The number of ether oxygens (including phenoxy) is 1. The lowest BCUT2D eigenvalue weighted by Crippen LogP contribution is -2.24. The van der Waals surface area contributed by atoms with Gasteiger partial charge in [0.25, 0.3) is 0 Å². The van der Waals surface area contributed by atoms with E-state index in [1.54, 1.807) is 7.11 Å². The van der Waals surface area contributed by atoms with Gasteiger partial charge < -0.3 is 9.72 Å². The van der Waals surface area contributed by atoms with Crippen molar-refractivity contribution >= 4 is 22.8 Å². The Morgan fingerprint density at radius 2 is 2.42 bits per heavy atom. The standard InChI is InChI=1S/C14H18N2O2S/c1-18-12-6-2-5-11-13(12)15-14(17)16(11)8-10-4-3-7-19-9-10/h2,5-6,10H,3-4,7-9H2,1H3,(H,15,17). The van der Waals surface area contributed by atoms with Gasteiger partial charge >= 0.3 is 5.69 Å². The number of nitrogens with one attached hydrogen (secondary N) is 1. The fraction of sp³-hybridized carbons (Fsp3) is 0.500. The first kappa shape index (κ1) is 12.7. The lowest BCUT2D eigenvalue weighted by molar-refractivity contribution is 0.419. The number of aromatic amines is 1. The van der Waals surface area contributed by atoms with Crippen molar-refractivity contribution in [3.8, 4) is 5.75 Å². The molecule has 3 rings (SSSR count). The molecule has 0 aliphatic carbocycles. The van der Waals surface area contributed by atoms with E-state index >= 15 is 0 Å². The molecule has 1 N–H and O–H groups in total. The van der Waals surface area contributed by atoms with Crippen molar-refractivity contribution in [2.75, 3.05) is 18.6 Å². The van der Waals surface area contributed by atoms with Crippen LogP contribution >= 0.6 is 11.8 Å². The van der Waals surface area contributed by atoms with Crippen molar-refractivity contribution in [3.63, 3.8) is 0 Å². The lowest BCUT2D eigenvalue weighted by Gasteiger charge is -2.21. The van der Waals surface area contributed by atoms with Crippen LogP contribution in [0.25, 0.3) is 11.0 Å². The van der Waals surface area contributed by atoms with Gasteiger partial charge in [0.05, 0.1) is 12.6 Å². The van der Waals surface area contributed by atoms with E-state index in [4.69, 9.17) is 4.74 Å². The number of hydrogen-bond acceptors (Lipinski definition) is 3. The number of thioether (sulfide) groups is 1. The molecule has 102 valence electrons. The van der Waals surface area contributed by atoms with Crippen LogP contribution < -0.4 is 10.4 Å². The first-order valence-corrected chi connectivity index (χ1v) is 7.78. The Morgan fingerprint density at radius 3 is 3.16 bits per heavy atom. The molecule has 1 fully saturated rings. The summed E-state index contributed by atoms with van der Waals surface area (Å²) in [6.07, 6.45) is 2.48. The third-order valence-electron chi connectivity index (χ3n) is 3.69. The van der Waals surface area contributed by atoms with Gasteiger partial charge in [-0.25, -0.2) is 4.79 Å². The van der Waals surface area contributed by atoms with Gasteiger partial charge in [0.2, 0.25) is 0 Å². The Morgan fingerprint density at radius 1 is 1.53 bits per heavy atom. The first-order valence-electron chi connectivity index (χ1n) is 6.63. The molecule has 5 heteroatoms. The number of rotatable bonds is 3. The maximum Gasteiger partial charge on any atom is 0.326 e. The predicted octanol–water partition coefficient (Wildman–Crippen LogP) is 2.48. The molecule has 1 unspecified atom stereocenters. The van der Waals surface area contributed by atoms with E-state index in [-0.39, 0.29) is 5.69 Å². The van der Waals surface area contributed by atoms with Gasteiger partial charge in [0.15, 0.2) is 0 Å². The second kappa shape index (κ2) is 5.33. The molecular weight excluding hydrogens is 260 g/mol. The van der Waals surface area contributed by atoms with Crippen LogP contribution in [0, 0.1) is 5.92 Å². The van der Waals surface area contributed by atoms with Gasteiger partial charge in [-0.05, 0) is 42.4 Å². The summed E-state index contributed by atoms with van der Waals surface area (Å²) in [5, 5.41) is 0. The highest BCUT2D eigenvalue weighted by Crippen LogP contribution is 2.26. The van der Waals surface area contributed by atoms with Crippen LogP contribution in [0.1, 0.15) is 12.8 Å². The normalized spacial score (nSPS) is 19.7. The van der Waals surface area contributed by atoms with E-state index in [0.29, 0.717) is 5.92 Å². The van der Waals surface area contributed by atoms with Crippen LogP contribution in [0.5, 0.6) is 5.75 Å². The summed E-state index contributed by atoms with van der Waals surface area (Å²) in [5.41, 5.74) is 1.72. The summed E-state index contributed by atoms with van der Waals surface area (Å²) in [6, 6.07) is 5.78. The average Bonchev–Trinajstić information content (AvgIpc) is 2.76. The summed E-state index contributed by atoms with van der Waals surface area (Å²) >= 11 is 1.99. The van der Waals surface area contributed by atoms with Gasteiger partial charge in [-0.1, -0.05) is 6.07 Å². The summed E-state index contributed by atoms with van der Waals surface area (Å²) in [5.74, 6) is 3.74. The van der Waals surface area contributed by atoms with Crippen LogP contribution in [0.3, 0.4) is 0 Å². The van der Waals surface area contributed by atoms with E-state index in [1.165, 1.54) is 18.6 Å². The van der Waals surface area contributed by atoms with Crippen LogP contribution in [0.15, 0.2) is 23.0 Å². The zero-order valence-electron chi connectivity index (χ0n) is 11.0. The van der Waals surface area contributed by atoms with E-state index in [2.05, 4.69) is 4.98 Å². The van der Waals surface area contributed by atoms with E-state index in [9.17, 15) is 4.79 Å². The van der Waals surface area contributed by atoms with Crippen molar-refractivity contribution < 1.29 is 4.74 Å². The van der Waals surface area contributed by atoms with Crippen molar-refractivity contribution in [1.29, 1.82) is 0 Å². The van der Waals surface area contributed by atoms with Crippen LogP contribution in [-0.4, -0.2) is 28.2 Å². The maximum atomic E-state index is 12.1.